The number of aryl methyl sites for hydroxylation is 2. The first-order valence-electron chi connectivity index (χ1n) is 6.58. The summed E-state index contributed by atoms with van der Waals surface area (Å²) in [6.45, 7) is 1.76. The Morgan fingerprint density at radius 2 is 1.89 bits per heavy atom. The minimum atomic E-state index is -0.176. The molecule has 0 bridgehead atoms. The lowest BCUT2D eigenvalue weighted by Gasteiger charge is -2.16. The number of carbonyl (C=O) groups excluding carboxylic acids is 1. The zero-order valence-electron chi connectivity index (χ0n) is 10.9. The second-order valence-corrected chi connectivity index (χ2v) is 5.09. The van der Waals surface area contributed by atoms with Crippen LogP contribution in [0.1, 0.15) is 34.3 Å². The highest BCUT2D eigenvalue weighted by molar-refractivity contribution is 5.99. The average Bonchev–Trinajstić information content (AvgIpc) is 2.42. The zero-order valence-corrected chi connectivity index (χ0v) is 10.9. The lowest BCUT2D eigenvalue weighted by molar-refractivity contribution is 0.0972. The summed E-state index contributed by atoms with van der Waals surface area (Å²) in [5.41, 5.74) is 3.97. The molecule has 2 heteroatoms. The highest BCUT2D eigenvalue weighted by atomic mass is 19.1. The Balaban J connectivity index is 2.12. The first-order chi connectivity index (χ1) is 9.16. The number of Topliss-reactive ketones (excluding diaryl/α,β-unsaturated/α-hetero) is 1. The van der Waals surface area contributed by atoms with E-state index in [2.05, 4.69) is 0 Å². The van der Waals surface area contributed by atoms with E-state index in [1.54, 1.807) is 19.1 Å². The van der Waals surface area contributed by atoms with Crippen LogP contribution in [0.4, 0.5) is 4.39 Å². The molecule has 0 saturated carbocycles. The largest absolute Gasteiger partial charge is 0.294 e. The Kier molecular flexibility index (Phi) is 2.94. The smallest absolute Gasteiger partial charge is 0.163 e. The first-order valence-corrected chi connectivity index (χ1v) is 6.58. The van der Waals surface area contributed by atoms with Gasteiger partial charge in [-0.3, -0.25) is 4.79 Å². The molecule has 0 aliphatic heterocycles. The predicted octanol–water partition coefficient (Wildman–Crippen LogP) is 4.32. The summed E-state index contributed by atoms with van der Waals surface area (Å²) in [4.78, 5) is 11.8. The van der Waals surface area contributed by atoms with E-state index in [0.717, 1.165) is 29.5 Å². The SMILES string of the molecule is Cc1cccc(-c2ccc3c(c2)CCCC3=O)c1F. The van der Waals surface area contributed by atoms with Crippen LogP contribution >= 0.6 is 0 Å². The van der Waals surface area contributed by atoms with Gasteiger partial charge in [-0.25, -0.2) is 4.39 Å². The number of fused-ring (bicyclic) bond motifs is 1. The van der Waals surface area contributed by atoms with Gasteiger partial charge in [-0.2, -0.15) is 0 Å². The standard InChI is InChI=1S/C17H15FO/c1-11-4-2-6-15(17(11)18)13-8-9-14-12(10-13)5-3-7-16(14)19/h2,4,6,8-10H,3,5,7H2,1H3. The van der Waals surface area contributed by atoms with Gasteiger partial charge < -0.3 is 0 Å². The lowest BCUT2D eigenvalue weighted by Crippen LogP contribution is -2.10. The number of ketones is 1. The van der Waals surface area contributed by atoms with Crippen LogP contribution in [0, 0.1) is 12.7 Å². The van der Waals surface area contributed by atoms with Gasteiger partial charge in [0, 0.05) is 17.5 Å². The van der Waals surface area contributed by atoms with E-state index in [-0.39, 0.29) is 11.6 Å². The van der Waals surface area contributed by atoms with Gasteiger partial charge in [0.2, 0.25) is 0 Å². The van der Waals surface area contributed by atoms with E-state index < -0.39 is 0 Å². The molecule has 0 N–H and O–H groups in total. The van der Waals surface area contributed by atoms with Crippen molar-refractivity contribution in [3.63, 3.8) is 0 Å². The molecule has 0 amide bonds. The molecule has 1 nitrogen and oxygen atoms in total. The number of hydrogen-bond acceptors (Lipinski definition) is 1. The summed E-state index contributed by atoms with van der Waals surface area (Å²) in [5.74, 6) is 0.0297. The van der Waals surface area contributed by atoms with Gasteiger partial charge in [-0.1, -0.05) is 36.4 Å². The summed E-state index contributed by atoms with van der Waals surface area (Å²) < 4.78 is 14.1. The number of halogens is 1. The van der Waals surface area contributed by atoms with E-state index in [0.29, 0.717) is 17.5 Å². The quantitative estimate of drug-likeness (QED) is 0.740. The molecule has 0 spiro atoms. The second-order valence-electron chi connectivity index (χ2n) is 5.09. The Labute approximate surface area is 112 Å². The molecule has 0 aromatic heterocycles. The van der Waals surface area contributed by atoms with Gasteiger partial charge in [0.1, 0.15) is 5.82 Å². The van der Waals surface area contributed by atoms with Crippen molar-refractivity contribution in [3.05, 3.63) is 58.9 Å². The third-order valence-electron chi connectivity index (χ3n) is 3.76. The summed E-state index contributed by atoms with van der Waals surface area (Å²) in [6, 6.07) is 11.1. The van der Waals surface area contributed by atoms with Crippen molar-refractivity contribution >= 4 is 5.78 Å². The fourth-order valence-electron chi connectivity index (χ4n) is 2.68. The van der Waals surface area contributed by atoms with Gasteiger partial charge in [0.05, 0.1) is 0 Å². The van der Waals surface area contributed by atoms with E-state index >= 15 is 0 Å². The van der Waals surface area contributed by atoms with Crippen LogP contribution < -0.4 is 0 Å². The summed E-state index contributed by atoms with van der Waals surface area (Å²) in [5, 5.41) is 0. The van der Waals surface area contributed by atoms with Crippen molar-refractivity contribution in [2.24, 2.45) is 0 Å². The molecule has 2 aromatic rings. The van der Waals surface area contributed by atoms with Gasteiger partial charge in [0.15, 0.2) is 5.78 Å². The van der Waals surface area contributed by atoms with Gasteiger partial charge in [-0.15, -0.1) is 0 Å². The highest BCUT2D eigenvalue weighted by Crippen LogP contribution is 2.29. The first kappa shape index (κ1) is 12.1. The van der Waals surface area contributed by atoms with E-state index in [4.69, 9.17) is 0 Å². The van der Waals surface area contributed by atoms with Crippen molar-refractivity contribution < 1.29 is 9.18 Å². The number of hydrogen-bond donors (Lipinski definition) is 0. The zero-order chi connectivity index (χ0) is 13.4. The van der Waals surface area contributed by atoms with Crippen molar-refractivity contribution in [1.29, 1.82) is 0 Å². The maximum atomic E-state index is 14.1. The van der Waals surface area contributed by atoms with Crippen LogP contribution in [0.5, 0.6) is 0 Å². The number of benzene rings is 2. The van der Waals surface area contributed by atoms with Gasteiger partial charge in [0.25, 0.3) is 0 Å². The second kappa shape index (κ2) is 4.61. The molecule has 3 rings (SSSR count). The molecular formula is C17H15FO. The molecule has 0 saturated heterocycles. The van der Waals surface area contributed by atoms with Crippen LogP contribution in [0.25, 0.3) is 11.1 Å². The van der Waals surface area contributed by atoms with Crippen molar-refractivity contribution in [2.45, 2.75) is 26.2 Å². The van der Waals surface area contributed by atoms with Crippen molar-refractivity contribution in [3.8, 4) is 11.1 Å². The Bertz CT molecular complexity index is 658. The number of rotatable bonds is 1. The molecule has 0 unspecified atom stereocenters. The van der Waals surface area contributed by atoms with Crippen LogP contribution in [-0.4, -0.2) is 5.78 Å². The number of carbonyl (C=O) groups is 1. The summed E-state index contributed by atoms with van der Waals surface area (Å²) in [7, 11) is 0. The topological polar surface area (TPSA) is 17.1 Å². The van der Waals surface area contributed by atoms with E-state index in [1.165, 1.54) is 0 Å². The third kappa shape index (κ3) is 2.07. The Morgan fingerprint density at radius 1 is 1.05 bits per heavy atom. The predicted molar refractivity (Wildman–Crippen MR) is 73.8 cm³/mol. The van der Waals surface area contributed by atoms with Crippen molar-refractivity contribution in [1.82, 2.24) is 0 Å². The van der Waals surface area contributed by atoms with Crippen LogP contribution in [0.3, 0.4) is 0 Å². The molecule has 0 heterocycles. The average molecular weight is 254 g/mol. The molecule has 0 atom stereocenters. The van der Waals surface area contributed by atoms with Crippen molar-refractivity contribution in [2.75, 3.05) is 0 Å². The minimum absolute atomic E-state index is 0.176. The Hall–Kier alpha value is -1.96. The van der Waals surface area contributed by atoms with Crippen LogP contribution in [-0.2, 0) is 6.42 Å². The normalized spacial score (nSPS) is 14.3. The van der Waals surface area contributed by atoms with Crippen LogP contribution in [0.2, 0.25) is 0 Å². The molecule has 19 heavy (non-hydrogen) atoms. The molecule has 2 aromatic carbocycles. The summed E-state index contributed by atoms with van der Waals surface area (Å²) in [6.07, 6.45) is 2.43. The fraction of sp³-hybridized carbons (Fsp3) is 0.235. The van der Waals surface area contributed by atoms with E-state index in [9.17, 15) is 9.18 Å². The molecule has 96 valence electrons. The highest BCUT2D eigenvalue weighted by Gasteiger charge is 2.18. The fourth-order valence-corrected chi connectivity index (χ4v) is 2.68. The Morgan fingerprint density at radius 3 is 2.74 bits per heavy atom. The lowest BCUT2D eigenvalue weighted by atomic mass is 9.88. The van der Waals surface area contributed by atoms with Crippen LogP contribution in [0.15, 0.2) is 36.4 Å². The maximum Gasteiger partial charge on any atom is 0.163 e. The molecule has 1 aliphatic carbocycles. The molecule has 1 aliphatic rings. The summed E-state index contributed by atoms with van der Waals surface area (Å²) >= 11 is 0. The maximum absolute atomic E-state index is 14.1. The van der Waals surface area contributed by atoms with Gasteiger partial charge >= 0.3 is 0 Å². The third-order valence-corrected chi connectivity index (χ3v) is 3.76. The molecule has 0 radical (unpaired) electrons. The minimum Gasteiger partial charge on any atom is -0.294 e. The molecular weight excluding hydrogens is 239 g/mol. The molecule has 0 fully saturated rings. The monoisotopic (exact) mass is 254 g/mol. The van der Waals surface area contributed by atoms with Gasteiger partial charge in [-0.05, 0) is 36.5 Å². The van der Waals surface area contributed by atoms with E-state index in [1.807, 2.05) is 24.3 Å².